The average molecular weight is 217 g/mol. The topological polar surface area (TPSA) is 20.2 Å². The lowest BCUT2D eigenvalue weighted by atomic mass is 10.1. The highest BCUT2D eigenvalue weighted by molar-refractivity contribution is 6.35. The first-order valence-corrected chi connectivity index (χ1v) is 5.03. The Morgan fingerprint density at radius 1 is 1.38 bits per heavy atom. The Kier molecular flexibility index (Phi) is 2.50. The number of halogens is 2. The zero-order valence-corrected chi connectivity index (χ0v) is 8.52. The van der Waals surface area contributed by atoms with Gasteiger partial charge in [0.05, 0.1) is 0 Å². The van der Waals surface area contributed by atoms with E-state index in [2.05, 4.69) is 0 Å². The first-order chi connectivity index (χ1) is 6.22. The van der Waals surface area contributed by atoms with Crippen LogP contribution < -0.4 is 0 Å². The van der Waals surface area contributed by atoms with Crippen molar-refractivity contribution in [2.24, 2.45) is 5.92 Å². The summed E-state index contributed by atoms with van der Waals surface area (Å²) in [7, 11) is 0. The SMILES string of the molecule is OC[C@@H]1C[C@@H]1c1ccc(Cl)cc1Cl. The maximum absolute atomic E-state index is 8.91. The smallest absolute Gasteiger partial charge is 0.0465 e. The van der Waals surface area contributed by atoms with E-state index in [4.69, 9.17) is 28.3 Å². The highest BCUT2D eigenvalue weighted by Gasteiger charge is 2.38. The van der Waals surface area contributed by atoms with Crippen LogP contribution in [0.1, 0.15) is 17.9 Å². The molecule has 0 heterocycles. The first-order valence-electron chi connectivity index (χ1n) is 4.28. The van der Waals surface area contributed by atoms with E-state index in [9.17, 15) is 0 Å². The third kappa shape index (κ3) is 1.83. The molecule has 1 aromatic rings. The molecule has 0 bridgehead atoms. The molecule has 2 rings (SSSR count). The van der Waals surface area contributed by atoms with Gasteiger partial charge in [-0.2, -0.15) is 0 Å². The monoisotopic (exact) mass is 216 g/mol. The number of hydrogen-bond donors (Lipinski definition) is 1. The Balaban J connectivity index is 2.22. The van der Waals surface area contributed by atoms with Gasteiger partial charge in [-0.25, -0.2) is 0 Å². The summed E-state index contributed by atoms with van der Waals surface area (Å²) in [5.74, 6) is 0.841. The van der Waals surface area contributed by atoms with Crippen LogP contribution in [0, 0.1) is 5.92 Å². The summed E-state index contributed by atoms with van der Waals surface area (Å²) in [6.45, 7) is 0.254. The molecular formula is C10H10Cl2O. The van der Waals surface area contributed by atoms with Crippen molar-refractivity contribution in [1.82, 2.24) is 0 Å². The van der Waals surface area contributed by atoms with E-state index in [-0.39, 0.29) is 6.61 Å². The number of aliphatic hydroxyl groups excluding tert-OH is 1. The molecule has 1 aliphatic carbocycles. The summed E-state index contributed by atoms with van der Waals surface area (Å²) < 4.78 is 0. The Hall–Kier alpha value is -0.240. The van der Waals surface area contributed by atoms with Crippen molar-refractivity contribution in [2.75, 3.05) is 6.61 Å². The molecule has 0 spiro atoms. The van der Waals surface area contributed by atoms with Gasteiger partial charge < -0.3 is 5.11 Å². The van der Waals surface area contributed by atoms with Gasteiger partial charge in [-0.3, -0.25) is 0 Å². The second-order valence-corrected chi connectivity index (χ2v) is 4.29. The maximum atomic E-state index is 8.91. The van der Waals surface area contributed by atoms with E-state index < -0.39 is 0 Å². The van der Waals surface area contributed by atoms with Crippen molar-refractivity contribution in [3.63, 3.8) is 0 Å². The van der Waals surface area contributed by atoms with E-state index in [1.165, 1.54) is 0 Å². The van der Waals surface area contributed by atoms with Gasteiger partial charge in [-0.1, -0.05) is 29.3 Å². The molecule has 1 nitrogen and oxygen atoms in total. The molecule has 1 fully saturated rings. The van der Waals surface area contributed by atoms with Gasteiger partial charge in [0.15, 0.2) is 0 Å². The summed E-state index contributed by atoms with van der Waals surface area (Å²) in [6, 6.07) is 5.55. The molecule has 1 aromatic carbocycles. The van der Waals surface area contributed by atoms with Crippen molar-refractivity contribution in [3.05, 3.63) is 33.8 Å². The third-order valence-corrected chi connectivity index (χ3v) is 3.08. The lowest BCUT2D eigenvalue weighted by molar-refractivity contribution is 0.274. The summed E-state index contributed by atoms with van der Waals surface area (Å²) >= 11 is 11.8. The minimum absolute atomic E-state index is 0.254. The summed E-state index contributed by atoms with van der Waals surface area (Å²) in [4.78, 5) is 0. The van der Waals surface area contributed by atoms with Gasteiger partial charge in [0.2, 0.25) is 0 Å². The van der Waals surface area contributed by atoms with E-state index in [1.54, 1.807) is 6.07 Å². The van der Waals surface area contributed by atoms with Crippen LogP contribution in [0.15, 0.2) is 18.2 Å². The zero-order chi connectivity index (χ0) is 9.42. The lowest BCUT2D eigenvalue weighted by Crippen LogP contribution is -1.89. The van der Waals surface area contributed by atoms with Gasteiger partial charge in [0.25, 0.3) is 0 Å². The molecule has 2 atom stereocenters. The van der Waals surface area contributed by atoms with E-state index in [1.807, 2.05) is 12.1 Å². The van der Waals surface area contributed by atoms with E-state index in [0.29, 0.717) is 21.9 Å². The van der Waals surface area contributed by atoms with E-state index in [0.717, 1.165) is 12.0 Å². The normalized spacial score (nSPS) is 26.1. The number of hydrogen-bond acceptors (Lipinski definition) is 1. The minimum Gasteiger partial charge on any atom is -0.396 e. The highest BCUT2D eigenvalue weighted by Crippen LogP contribution is 2.49. The molecule has 3 heteroatoms. The largest absolute Gasteiger partial charge is 0.396 e. The number of aliphatic hydroxyl groups is 1. The van der Waals surface area contributed by atoms with Crippen molar-refractivity contribution >= 4 is 23.2 Å². The van der Waals surface area contributed by atoms with Crippen molar-refractivity contribution in [1.29, 1.82) is 0 Å². The minimum atomic E-state index is 0.254. The van der Waals surface area contributed by atoms with Crippen LogP contribution >= 0.6 is 23.2 Å². The van der Waals surface area contributed by atoms with Gasteiger partial charge in [-0.15, -0.1) is 0 Å². The fraction of sp³-hybridized carbons (Fsp3) is 0.400. The molecule has 0 aromatic heterocycles. The fourth-order valence-corrected chi connectivity index (χ4v) is 2.18. The first kappa shape index (κ1) is 9.32. The lowest BCUT2D eigenvalue weighted by Gasteiger charge is -2.02. The molecule has 0 radical (unpaired) electrons. The molecule has 0 saturated heterocycles. The molecule has 70 valence electrons. The Morgan fingerprint density at radius 2 is 2.15 bits per heavy atom. The fourth-order valence-electron chi connectivity index (χ4n) is 1.63. The molecule has 1 saturated carbocycles. The molecule has 1 N–H and O–H groups in total. The van der Waals surface area contributed by atoms with Crippen molar-refractivity contribution in [3.8, 4) is 0 Å². The molecule has 0 amide bonds. The van der Waals surface area contributed by atoms with Gasteiger partial charge in [-0.05, 0) is 36.0 Å². The standard InChI is InChI=1S/C10H10Cl2O/c11-7-1-2-8(10(12)4-7)9-3-6(9)5-13/h1-2,4,6,9,13H,3,5H2/t6-,9-/m0/s1. The second kappa shape index (κ2) is 3.49. The third-order valence-electron chi connectivity index (χ3n) is 2.52. The summed E-state index contributed by atoms with van der Waals surface area (Å²) in [6.07, 6.45) is 1.04. The van der Waals surface area contributed by atoms with Crippen LogP contribution in [0.4, 0.5) is 0 Å². The zero-order valence-electron chi connectivity index (χ0n) is 7.00. The molecule has 1 aliphatic rings. The Labute approximate surface area is 87.3 Å². The van der Waals surface area contributed by atoms with Crippen molar-refractivity contribution in [2.45, 2.75) is 12.3 Å². The quantitative estimate of drug-likeness (QED) is 0.806. The van der Waals surface area contributed by atoms with Crippen LogP contribution in [-0.4, -0.2) is 11.7 Å². The van der Waals surface area contributed by atoms with Crippen molar-refractivity contribution < 1.29 is 5.11 Å². The van der Waals surface area contributed by atoms with Gasteiger partial charge in [0, 0.05) is 16.7 Å². The predicted octanol–water partition coefficient (Wildman–Crippen LogP) is 3.09. The van der Waals surface area contributed by atoms with Crippen LogP contribution in [-0.2, 0) is 0 Å². The van der Waals surface area contributed by atoms with Crippen LogP contribution in [0.25, 0.3) is 0 Å². The summed E-state index contributed by atoms with van der Waals surface area (Å²) in [5, 5.41) is 10.3. The predicted molar refractivity (Wildman–Crippen MR) is 54.4 cm³/mol. The molecular weight excluding hydrogens is 207 g/mol. The average Bonchev–Trinajstić information content (AvgIpc) is 2.83. The summed E-state index contributed by atoms with van der Waals surface area (Å²) in [5.41, 5.74) is 1.12. The van der Waals surface area contributed by atoms with Gasteiger partial charge >= 0.3 is 0 Å². The van der Waals surface area contributed by atoms with E-state index >= 15 is 0 Å². The van der Waals surface area contributed by atoms with Crippen LogP contribution in [0.2, 0.25) is 10.0 Å². The van der Waals surface area contributed by atoms with Crippen LogP contribution in [0.5, 0.6) is 0 Å². The molecule has 0 aliphatic heterocycles. The van der Waals surface area contributed by atoms with Crippen LogP contribution in [0.3, 0.4) is 0 Å². The van der Waals surface area contributed by atoms with Gasteiger partial charge in [0.1, 0.15) is 0 Å². The molecule has 0 unspecified atom stereocenters. The second-order valence-electron chi connectivity index (χ2n) is 3.45. The molecule has 13 heavy (non-hydrogen) atoms. The Morgan fingerprint density at radius 3 is 2.69 bits per heavy atom. The number of benzene rings is 1. The highest BCUT2D eigenvalue weighted by atomic mass is 35.5. The Bertz CT molecular complexity index is 325. The number of rotatable bonds is 2. The maximum Gasteiger partial charge on any atom is 0.0465 e.